The second kappa shape index (κ2) is 7.72. The lowest BCUT2D eigenvalue weighted by Gasteiger charge is -2.14. The molecule has 1 saturated carbocycles. The van der Waals surface area contributed by atoms with Gasteiger partial charge in [0.15, 0.2) is 17.5 Å². The first-order chi connectivity index (χ1) is 13.7. The molecule has 1 N–H and O–H groups in total. The Labute approximate surface area is 162 Å². The minimum absolute atomic E-state index is 0.202. The molecule has 1 fully saturated rings. The summed E-state index contributed by atoms with van der Waals surface area (Å²) in [5.74, 6) is 1.36. The van der Waals surface area contributed by atoms with Crippen LogP contribution in [-0.2, 0) is 0 Å². The zero-order chi connectivity index (χ0) is 19.5. The van der Waals surface area contributed by atoms with Gasteiger partial charge >= 0.3 is 0 Å². The van der Waals surface area contributed by atoms with Crippen LogP contribution < -0.4 is 10.1 Å². The summed E-state index contributed by atoms with van der Waals surface area (Å²) in [6.45, 7) is 7.19. The highest BCUT2D eigenvalue weighted by Gasteiger charge is 2.26. The Morgan fingerprint density at radius 2 is 2.18 bits per heavy atom. The Balaban J connectivity index is 1.71. The predicted octanol–water partition coefficient (Wildman–Crippen LogP) is 5.94. The van der Waals surface area contributed by atoms with Crippen molar-refractivity contribution >= 4 is 11.9 Å². The molecule has 0 bridgehead atoms. The lowest BCUT2D eigenvalue weighted by atomic mass is 10.2. The average Bonchev–Trinajstić information content (AvgIpc) is 3.41. The van der Waals surface area contributed by atoms with E-state index >= 15 is 0 Å². The van der Waals surface area contributed by atoms with Gasteiger partial charge in [0.1, 0.15) is 17.8 Å². The van der Waals surface area contributed by atoms with Gasteiger partial charge in [-0.3, -0.25) is 0 Å². The summed E-state index contributed by atoms with van der Waals surface area (Å²) in [6.07, 6.45) is 9.03. The maximum absolute atomic E-state index is 13.6. The van der Waals surface area contributed by atoms with E-state index in [9.17, 15) is 4.39 Å². The molecule has 1 aliphatic rings. The molecule has 0 aliphatic heterocycles. The van der Waals surface area contributed by atoms with Gasteiger partial charge in [-0.2, -0.15) is 9.49 Å². The SMILES string of the molecule is C=Cc1c(-c2cc(Oc3ccccn3)co2)nn(C2CCCC2)c1NC(=C)F. The normalized spacial score (nSPS) is 14.2. The molecule has 3 heterocycles. The van der Waals surface area contributed by atoms with Gasteiger partial charge in [-0.25, -0.2) is 9.67 Å². The van der Waals surface area contributed by atoms with Crippen molar-refractivity contribution in [1.82, 2.24) is 14.8 Å². The average molecular weight is 380 g/mol. The van der Waals surface area contributed by atoms with Crippen molar-refractivity contribution in [2.75, 3.05) is 5.32 Å². The van der Waals surface area contributed by atoms with Crippen molar-refractivity contribution < 1.29 is 13.5 Å². The maximum atomic E-state index is 13.6. The van der Waals surface area contributed by atoms with Crippen molar-refractivity contribution in [2.45, 2.75) is 31.7 Å². The number of hydrogen-bond acceptors (Lipinski definition) is 5. The molecule has 7 heteroatoms. The highest BCUT2D eigenvalue weighted by molar-refractivity contribution is 5.78. The number of furan rings is 1. The second-order valence-electron chi connectivity index (χ2n) is 6.64. The van der Waals surface area contributed by atoms with Crippen LogP contribution in [0.3, 0.4) is 0 Å². The van der Waals surface area contributed by atoms with Gasteiger partial charge in [-0.05, 0) is 25.5 Å². The summed E-state index contributed by atoms with van der Waals surface area (Å²) >= 11 is 0. The van der Waals surface area contributed by atoms with E-state index in [4.69, 9.17) is 14.3 Å². The quantitative estimate of drug-likeness (QED) is 0.514. The minimum atomic E-state index is -0.646. The Kier molecular flexibility index (Phi) is 4.97. The molecule has 3 aromatic rings. The molecule has 0 atom stereocenters. The molecule has 0 unspecified atom stereocenters. The molecule has 1 aliphatic carbocycles. The number of aromatic nitrogens is 3. The number of rotatable bonds is 7. The lowest BCUT2D eigenvalue weighted by molar-refractivity contribution is 0.450. The van der Waals surface area contributed by atoms with Crippen LogP contribution in [0.1, 0.15) is 37.3 Å². The number of hydrogen-bond donors (Lipinski definition) is 1. The zero-order valence-corrected chi connectivity index (χ0v) is 15.4. The fourth-order valence-corrected chi connectivity index (χ4v) is 3.51. The van der Waals surface area contributed by atoms with Crippen LogP contribution in [0.2, 0.25) is 0 Å². The number of pyridine rings is 1. The third kappa shape index (κ3) is 3.55. The van der Waals surface area contributed by atoms with Crippen LogP contribution in [-0.4, -0.2) is 14.8 Å². The number of halogens is 1. The van der Waals surface area contributed by atoms with Crippen molar-refractivity contribution in [1.29, 1.82) is 0 Å². The smallest absolute Gasteiger partial charge is 0.219 e. The Bertz CT molecular complexity index is 987. The van der Waals surface area contributed by atoms with Gasteiger partial charge in [0, 0.05) is 23.9 Å². The fraction of sp³-hybridized carbons (Fsp3) is 0.238. The first-order valence-corrected chi connectivity index (χ1v) is 9.20. The molecule has 6 nitrogen and oxygen atoms in total. The molecule has 28 heavy (non-hydrogen) atoms. The largest absolute Gasteiger partial charge is 0.459 e. The van der Waals surface area contributed by atoms with Gasteiger partial charge in [0.25, 0.3) is 0 Å². The molecule has 0 amide bonds. The highest BCUT2D eigenvalue weighted by atomic mass is 19.1. The Morgan fingerprint density at radius 1 is 1.36 bits per heavy atom. The number of anilines is 1. The minimum Gasteiger partial charge on any atom is -0.459 e. The standard InChI is InChI=1S/C21H21FN4O2/c1-3-17-20(18-12-16(13-27-18)28-19-10-6-7-11-23-19)25-26(15-8-4-5-9-15)21(17)24-14(2)22/h3,6-7,10-13,15,24H,1-2,4-5,8-9H2. The molecule has 0 radical (unpaired) electrons. The number of nitrogens with zero attached hydrogens (tertiary/aromatic N) is 3. The summed E-state index contributed by atoms with van der Waals surface area (Å²) in [4.78, 5) is 4.13. The van der Waals surface area contributed by atoms with E-state index < -0.39 is 5.95 Å². The van der Waals surface area contributed by atoms with Gasteiger partial charge in [0.2, 0.25) is 5.88 Å². The third-order valence-corrected chi connectivity index (χ3v) is 4.74. The van der Waals surface area contributed by atoms with Crippen molar-refractivity contribution in [3.8, 4) is 23.1 Å². The van der Waals surface area contributed by atoms with E-state index in [1.807, 2.05) is 16.8 Å². The fourth-order valence-electron chi connectivity index (χ4n) is 3.51. The van der Waals surface area contributed by atoms with Crippen LogP contribution in [0.15, 0.2) is 60.3 Å². The second-order valence-corrected chi connectivity index (χ2v) is 6.64. The Hall–Kier alpha value is -3.35. The van der Waals surface area contributed by atoms with Crippen LogP contribution in [0.25, 0.3) is 17.5 Å². The molecule has 3 aromatic heterocycles. The van der Waals surface area contributed by atoms with Crippen molar-refractivity contribution in [2.24, 2.45) is 0 Å². The monoisotopic (exact) mass is 380 g/mol. The molecule has 4 rings (SSSR count). The van der Waals surface area contributed by atoms with Crippen LogP contribution in [0, 0.1) is 0 Å². The van der Waals surface area contributed by atoms with E-state index in [1.165, 1.54) is 6.26 Å². The molecular weight excluding hydrogens is 359 g/mol. The molecule has 144 valence electrons. The highest BCUT2D eigenvalue weighted by Crippen LogP contribution is 2.39. The summed E-state index contributed by atoms with van der Waals surface area (Å²) in [7, 11) is 0. The molecular formula is C21H21FN4O2. The van der Waals surface area contributed by atoms with Crippen LogP contribution in [0.5, 0.6) is 11.6 Å². The molecule has 0 saturated heterocycles. The summed E-state index contributed by atoms with van der Waals surface area (Å²) in [5, 5.41) is 7.41. The zero-order valence-electron chi connectivity index (χ0n) is 15.4. The molecule has 0 aromatic carbocycles. The maximum Gasteiger partial charge on any atom is 0.219 e. The Morgan fingerprint density at radius 3 is 2.86 bits per heavy atom. The van der Waals surface area contributed by atoms with Gasteiger partial charge in [-0.1, -0.05) is 31.6 Å². The number of nitrogens with one attached hydrogen (secondary N) is 1. The predicted molar refractivity (Wildman–Crippen MR) is 106 cm³/mol. The topological polar surface area (TPSA) is 65.1 Å². The van der Waals surface area contributed by atoms with Crippen molar-refractivity contribution in [3.05, 3.63) is 61.4 Å². The van der Waals surface area contributed by atoms with Gasteiger partial charge < -0.3 is 14.5 Å². The van der Waals surface area contributed by atoms with E-state index in [0.29, 0.717) is 34.5 Å². The van der Waals surface area contributed by atoms with E-state index in [2.05, 4.69) is 23.5 Å². The summed E-state index contributed by atoms with van der Waals surface area (Å²) in [6, 6.07) is 7.34. The lowest BCUT2D eigenvalue weighted by Crippen LogP contribution is -2.11. The summed E-state index contributed by atoms with van der Waals surface area (Å²) < 4.78 is 26.8. The van der Waals surface area contributed by atoms with Crippen LogP contribution >= 0.6 is 0 Å². The van der Waals surface area contributed by atoms with Gasteiger partial charge in [0.05, 0.1) is 6.04 Å². The first-order valence-electron chi connectivity index (χ1n) is 9.20. The molecule has 0 spiro atoms. The number of ether oxygens (including phenoxy) is 1. The van der Waals surface area contributed by atoms with Crippen molar-refractivity contribution in [3.63, 3.8) is 0 Å². The van der Waals surface area contributed by atoms with Crippen LogP contribution in [0.4, 0.5) is 10.2 Å². The summed E-state index contributed by atoms with van der Waals surface area (Å²) in [5.41, 5.74) is 1.23. The van der Waals surface area contributed by atoms with E-state index in [1.54, 1.807) is 24.4 Å². The van der Waals surface area contributed by atoms with E-state index in [-0.39, 0.29) is 6.04 Å². The first kappa shape index (κ1) is 18.0. The van der Waals surface area contributed by atoms with E-state index in [0.717, 1.165) is 25.7 Å². The third-order valence-electron chi connectivity index (χ3n) is 4.74. The van der Waals surface area contributed by atoms with Gasteiger partial charge in [-0.15, -0.1) is 0 Å².